The van der Waals surface area contributed by atoms with E-state index in [-0.39, 0.29) is 17.1 Å². The summed E-state index contributed by atoms with van der Waals surface area (Å²) in [5.74, 6) is 0. The molecule has 0 saturated heterocycles. The van der Waals surface area contributed by atoms with Gasteiger partial charge in [0.15, 0.2) is 0 Å². The topological polar surface area (TPSA) is 92.6 Å². The largest absolute Gasteiger partial charge is 0.370 e. The van der Waals surface area contributed by atoms with E-state index in [2.05, 4.69) is 9.62 Å². The number of nitro groups is 1. The molecule has 0 aromatic heterocycles. The predicted molar refractivity (Wildman–Crippen MR) is 97.4 cm³/mol. The molecule has 8 heteroatoms. The van der Waals surface area contributed by atoms with Crippen LogP contribution in [0.1, 0.15) is 12.5 Å². The van der Waals surface area contributed by atoms with Gasteiger partial charge in [-0.3, -0.25) is 10.1 Å². The van der Waals surface area contributed by atoms with Crippen molar-refractivity contribution in [1.29, 1.82) is 0 Å². The zero-order chi connectivity index (χ0) is 18.4. The fraction of sp³-hybridized carbons (Fsp3) is 0.294. The Morgan fingerprint density at radius 1 is 1.16 bits per heavy atom. The van der Waals surface area contributed by atoms with E-state index < -0.39 is 14.9 Å². The Balaban J connectivity index is 2.00. The second-order valence-corrected chi connectivity index (χ2v) is 7.33. The lowest BCUT2D eigenvalue weighted by atomic mass is 10.2. The van der Waals surface area contributed by atoms with Crippen molar-refractivity contribution < 1.29 is 13.3 Å². The average Bonchev–Trinajstić information content (AvgIpc) is 2.58. The molecular weight excluding hydrogens is 342 g/mol. The molecule has 0 aliphatic carbocycles. The minimum Gasteiger partial charge on any atom is -0.370 e. The zero-order valence-corrected chi connectivity index (χ0v) is 15.0. The third-order valence-electron chi connectivity index (χ3n) is 3.78. The first kappa shape index (κ1) is 18.9. The summed E-state index contributed by atoms with van der Waals surface area (Å²) in [4.78, 5) is 12.2. The second-order valence-electron chi connectivity index (χ2n) is 5.57. The number of nitrogens with zero attached hydrogens (tertiary/aromatic N) is 2. The lowest BCUT2D eigenvalue weighted by Gasteiger charge is -2.23. The number of anilines is 1. The molecule has 0 fully saturated rings. The molecule has 2 aromatic carbocycles. The number of benzene rings is 2. The lowest BCUT2D eigenvalue weighted by Crippen LogP contribution is -2.35. The standard InChI is InChI=1S/C17H21N3O4S/c1-3-19(16-6-4-5-14(2)13-16)12-11-18-25(23,24)17-9-7-15(8-10-17)20(21)22/h4-10,13,18H,3,11-12H2,1-2H3. The number of hydrogen-bond acceptors (Lipinski definition) is 5. The molecule has 0 bridgehead atoms. The number of aryl methyl sites for hydroxylation is 1. The number of non-ortho nitro benzene ring substituents is 1. The van der Waals surface area contributed by atoms with E-state index in [0.29, 0.717) is 6.54 Å². The molecule has 7 nitrogen and oxygen atoms in total. The van der Waals surface area contributed by atoms with E-state index >= 15 is 0 Å². The summed E-state index contributed by atoms with van der Waals surface area (Å²) >= 11 is 0. The van der Waals surface area contributed by atoms with Crippen LogP contribution in [-0.2, 0) is 10.0 Å². The molecule has 0 saturated carbocycles. The van der Waals surface area contributed by atoms with E-state index in [1.165, 1.54) is 24.3 Å². The first-order chi connectivity index (χ1) is 11.8. The van der Waals surface area contributed by atoms with Crippen molar-refractivity contribution in [1.82, 2.24) is 4.72 Å². The van der Waals surface area contributed by atoms with Gasteiger partial charge in [-0.1, -0.05) is 12.1 Å². The van der Waals surface area contributed by atoms with Gasteiger partial charge in [-0.05, 0) is 43.7 Å². The average molecular weight is 363 g/mol. The number of rotatable bonds is 8. The summed E-state index contributed by atoms with van der Waals surface area (Å²) in [6.45, 7) is 5.53. The van der Waals surface area contributed by atoms with Crippen LogP contribution in [0.25, 0.3) is 0 Å². The maximum Gasteiger partial charge on any atom is 0.269 e. The minimum absolute atomic E-state index is 0.0108. The molecule has 2 aromatic rings. The number of hydrogen-bond donors (Lipinski definition) is 1. The van der Waals surface area contributed by atoms with E-state index in [1.54, 1.807) is 0 Å². The number of sulfonamides is 1. The molecule has 0 unspecified atom stereocenters. The predicted octanol–water partition coefficient (Wildman–Crippen LogP) is 2.71. The highest BCUT2D eigenvalue weighted by Gasteiger charge is 2.16. The summed E-state index contributed by atoms with van der Waals surface area (Å²) in [5.41, 5.74) is 2.04. The van der Waals surface area contributed by atoms with Crippen molar-refractivity contribution >= 4 is 21.4 Å². The quantitative estimate of drug-likeness (QED) is 0.575. The molecule has 134 valence electrons. The summed E-state index contributed by atoms with van der Waals surface area (Å²) < 4.78 is 27.1. The van der Waals surface area contributed by atoms with E-state index in [0.717, 1.165) is 17.8 Å². The Labute approximate surface area is 147 Å². The van der Waals surface area contributed by atoms with Crippen LogP contribution < -0.4 is 9.62 Å². The van der Waals surface area contributed by atoms with Gasteiger partial charge in [-0.2, -0.15) is 0 Å². The van der Waals surface area contributed by atoms with Crippen LogP contribution in [0.5, 0.6) is 0 Å². The fourth-order valence-corrected chi connectivity index (χ4v) is 3.46. The van der Waals surface area contributed by atoms with Gasteiger partial charge in [-0.25, -0.2) is 13.1 Å². The van der Waals surface area contributed by atoms with Crippen LogP contribution >= 0.6 is 0 Å². The number of likely N-dealkylation sites (N-methyl/N-ethyl adjacent to an activating group) is 1. The zero-order valence-electron chi connectivity index (χ0n) is 14.2. The van der Waals surface area contributed by atoms with Crippen molar-refractivity contribution in [3.63, 3.8) is 0 Å². The summed E-state index contributed by atoms with van der Waals surface area (Å²) in [6.07, 6.45) is 0. The van der Waals surface area contributed by atoms with Crippen LogP contribution in [0.4, 0.5) is 11.4 Å². The van der Waals surface area contributed by atoms with E-state index in [1.807, 2.05) is 38.1 Å². The Kier molecular flexibility index (Phi) is 6.11. The van der Waals surface area contributed by atoms with Crippen molar-refractivity contribution in [2.45, 2.75) is 18.7 Å². The molecule has 0 amide bonds. The Hall–Kier alpha value is -2.45. The van der Waals surface area contributed by atoms with Crippen molar-refractivity contribution in [2.75, 3.05) is 24.5 Å². The molecular formula is C17H21N3O4S. The molecule has 0 heterocycles. The maximum atomic E-state index is 12.3. The third kappa shape index (κ3) is 5.01. The van der Waals surface area contributed by atoms with Crippen LogP contribution in [0.2, 0.25) is 0 Å². The normalized spacial score (nSPS) is 11.3. The van der Waals surface area contributed by atoms with Gasteiger partial charge in [0.1, 0.15) is 0 Å². The van der Waals surface area contributed by atoms with E-state index in [4.69, 9.17) is 0 Å². The van der Waals surface area contributed by atoms with Gasteiger partial charge in [0.25, 0.3) is 5.69 Å². The molecule has 0 spiro atoms. The first-order valence-corrected chi connectivity index (χ1v) is 9.37. The van der Waals surface area contributed by atoms with Gasteiger partial charge in [-0.15, -0.1) is 0 Å². The van der Waals surface area contributed by atoms with Crippen LogP contribution in [0, 0.1) is 17.0 Å². The van der Waals surface area contributed by atoms with E-state index in [9.17, 15) is 18.5 Å². The van der Waals surface area contributed by atoms with Gasteiger partial charge < -0.3 is 4.90 Å². The lowest BCUT2D eigenvalue weighted by molar-refractivity contribution is -0.384. The van der Waals surface area contributed by atoms with Crippen LogP contribution in [-0.4, -0.2) is 33.0 Å². The Morgan fingerprint density at radius 2 is 1.84 bits per heavy atom. The molecule has 0 aliphatic rings. The molecule has 0 atom stereocenters. The van der Waals surface area contributed by atoms with Crippen molar-refractivity contribution in [2.24, 2.45) is 0 Å². The molecule has 0 aliphatic heterocycles. The third-order valence-corrected chi connectivity index (χ3v) is 5.26. The van der Waals surface area contributed by atoms with Crippen LogP contribution in [0.15, 0.2) is 53.4 Å². The summed E-state index contributed by atoms with van der Waals surface area (Å²) in [7, 11) is -3.70. The molecule has 25 heavy (non-hydrogen) atoms. The van der Waals surface area contributed by atoms with Gasteiger partial charge in [0.2, 0.25) is 10.0 Å². The highest BCUT2D eigenvalue weighted by molar-refractivity contribution is 7.89. The number of nitro benzene ring substituents is 1. The van der Waals surface area contributed by atoms with Crippen LogP contribution in [0.3, 0.4) is 0 Å². The monoisotopic (exact) mass is 363 g/mol. The molecule has 2 rings (SSSR count). The molecule has 1 N–H and O–H groups in total. The van der Waals surface area contributed by atoms with Crippen molar-refractivity contribution in [3.05, 3.63) is 64.2 Å². The Bertz CT molecular complexity index is 835. The fourth-order valence-electron chi connectivity index (χ4n) is 2.44. The number of nitrogens with one attached hydrogen (secondary N) is 1. The van der Waals surface area contributed by atoms with Gasteiger partial charge in [0, 0.05) is 37.5 Å². The SMILES string of the molecule is CCN(CCNS(=O)(=O)c1ccc([N+](=O)[O-])cc1)c1cccc(C)c1. The van der Waals surface area contributed by atoms with Gasteiger partial charge in [0.05, 0.1) is 9.82 Å². The van der Waals surface area contributed by atoms with Gasteiger partial charge >= 0.3 is 0 Å². The minimum atomic E-state index is -3.70. The summed E-state index contributed by atoms with van der Waals surface area (Å²) in [6, 6.07) is 12.8. The first-order valence-electron chi connectivity index (χ1n) is 7.89. The highest BCUT2D eigenvalue weighted by atomic mass is 32.2. The second kappa shape index (κ2) is 8.09. The summed E-state index contributed by atoms with van der Waals surface area (Å²) in [5, 5.41) is 10.6. The smallest absolute Gasteiger partial charge is 0.269 e. The van der Waals surface area contributed by atoms with Crippen molar-refractivity contribution in [3.8, 4) is 0 Å². The Morgan fingerprint density at radius 3 is 2.40 bits per heavy atom. The molecule has 0 radical (unpaired) electrons. The highest BCUT2D eigenvalue weighted by Crippen LogP contribution is 2.17. The maximum absolute atomic E-state index is 12.3.